The van der Waals surface area contributed by atoms with Crippen LogP contribution in [0, 0.1) is 27.7 Å². The second-order valence-corrected chi connectivity index (χ2v) is 8.89. The van der Waals surface area contributed by atoms with Gasteiger partial charge in [0.05, 0.1) is 35.5 Å². The highest BCUT2D eigenvalue weighted by Gasteiger charge is 2.30. The standard InChI is InChI=1S/C25H25ClN4O3/c1-13-10-20(32-5)19(14(2)27-13)12-30-9-8-29-7-6-17-11-18(21-15(3)28-33-16(21)4)23(26)22(24(17)29)25(30)31/h6-7,10-11H,8-9,12H2,1-5H3. The third-order valence-corrected chi connectivity index (χ3v) is 6.78. The Kier molecular flexibility index (Phi) is 5.16. The molecule has 1 aliphatic rings. The highest BCUT2D eigenvalue weighted by molar-refractivity contribution is 6.38. The lowest BCUT2D eigenvalue weighted by atomic mass is 9.98. The van der Waals surface area contributed by atoms with Crippen molar-refractivity contribution < 1.29 is 14.1 Å². The molecule has 1 amide bonds. The predicted molar refractivity (Wildman–Crippen MR) is 127 cm³/mol. The molecule has 0 bridgehead atoms. The highest BCUT2D eigenvalue weighted by Crippen LogP contribution is 2.41. The molecule has 8 heteroatoms. The number of nitrogens with zero attached hydrogens (tertiary/aromatic N) is 4. The second-order valence-electron chi connectivity index (χ2n) is 8.52. The van der Waals surface area contributed by atoms with Crippen molar-refractivity contribution in [3.05, 3.63) is 63.4 Å². The van der Waals surface area contributed by atoms with Crippen LogP contribution in [0.3, 0.4) is 0 Å². The largest absolute Gasteiger partial charge is 0.496 e. The molecule has 0 fully saturated rings. The number of carbonyl (C=O) groups excluding carboxylic acids is 1. The number of carbonyl (C=O) groups is 1. The molecule has 0 unspecified atom stereocenters. The number of amides is 1. The first kappa shape index (κ1) is 21.5. The summed E-state index contributed by atoms with van der Waals surface area (Å²) >= 11 is 6.97. The van der Waals surface area contributed by atoms with Crippen LogP contribution in [0.25, 0.3) is 22.0 Å². The van der Waals surface area contributed by atoms with E-state index in [1.807, 2.05) is 57.0 Å². The van der Waals surface area contributed by atoms with Crippen molar-refractivity contribution in [1.29, 1.82) is 0 Å². The van der Waals surface area contributed by atoms with E-state index >= 15 is 0 Å². The van der Waals surface area contributed by atoms with E-state index in [2.05, 4.69) is 14.7 Å². The van der Waals surface area contributed by atoms with Crippen LogP contribution < -0.4 is 4.74 Å². The summed E-state index contributed by atoms with van der Waals surface area (Å²) < 4.78 is 13.1. The lowest BCUT2D eigenvalue weighted by molar-refractivity contribution is 0.0745. The number of methoxy groups -OCH3 is 1. The van der Waals surface area contributed by atoms with Gasteiger partial charge in [-0.2, -0.15) is 0 Å². The first-order valence-electron chi connectivity index (χ1n) is 10.8. The Labute approximate surface area is 196 Å². The Morgan fingerprint density at radius 2 is 1.91 bits per heavy atom. The molecular weight excluding hydrogens is 440 g/mol. The Morgan fingerprint density at radius 3 is 2.61 bits per heavy atom. The van der Waals surface area contributed by atoms with Crippen molar-refractivity contribution in [1.82, 2.24) is 19.6 Å². The molecule has 0 aliphatic carbocycles. The summed E-state index contributed by atoms with van der Waals surface area (Å²) in [5, 5.41) is 5.46. The van der Waals surface area contributed by atoms with Crippen LogP contribution in [-0.4, -0.2) is 39.2 Å². The van der Waals surface area contributed by atoms with Gasteiger partial charge in [-0.15, -0.1) is 0 Å². The fourth-order valence-electron chi connectivity index (χ4n) is 4.81. The van der Waals surface area contributed by atoms with Gasteiger partial charge in [0, 0.05) is 58.8 Å². The molecule has 0 saturated heterocycles. The topological polar surface area (TPSA) is 73.4 Å². The Bertz CT molecular complexity index is 1400. The molecule has 0 radical (unpaired) electrons. The summed E-state index contributed by atoms with van der Waals surface area (Å²) in [6.45, 7) is 9.21. The monoisotopic (exact) mass is 464 g/mol. The number of rotatable bonds is 4. The van der Waals surface area contributed by atoms with E-state index < -0.39 is 0 Å². The minimum atomic E-state index is -0.113. The molecule has 3 aromatic heterocycles. The summed E-state index contributed by atoms with van der Waals surface area (Å²) in [5.74, 6) is 1.29. The molecule has 4 aromatic rings. The first-order valence-corrected chi connectivity index (χ1v) is 11.2. The number of aryl methyl sites for hydroxylation is 4. The minimum Gasteiger partial charge on any atom is -0.496 e. The Morgan fingerprint density at radius 1 is 1.12 bits per heavy atom. The van der Waals surface area contributed by atoms with Crippen LogP contribution >= 0.6 is 11.6 Å². The lowest BCUT2D eigenvalue weighted by Gasteiger charge is -2.24. The maximum Gasteiger partial charge on any atom is 0.257 e. The van der Waals surface area contributed by atoms with Gasteiger partial charge in [0.1, 0.15) is 11.5 Å². The first-order chi connectivity index (χ1) is 15.8. The zero-order chi connectivity index (χ0) is 23.4. The number of hydrogen-bond donors (Lipinski definition) is 0. The van der Waals surface area contributed by atoms with Crippen molar-refractivity contribution in [3.8, 4) is 16.9 Å². The Balaban J connectivity index is 1.66. The van der Waals surface area contributed by atoms with Crippen LogP contribution in [0.4, 0.5) is 0 Å². The predicted octanol–water partition coefficient (Wildman–Crippen LogP) is 5.24. The van der Waals surface area contributed by atoms with Crippen LogP contribution in [0.1, 0.15) is 38.8 Å². The van der Waals surface area contributed by atoms with E-state index in [0.29, 0.717) is 36.0 Å². The van der Waals surface area contributed by atoms with E-state index in [4.69, 9.17) is 20.9 Å². The van der Waals surface area contributed by atoms with Gasteiger partial charge in [-0.3, -0.25) is 9.78 Å². The summed E-state index contributed by atoms with van der Waals surface area (Å²) in [5.41, 5.74) is 6.31. The molecule has 0 atom stereocenters. The van der Waals surface area contributed by atoms with Crippen LogP contribution in [0.5, 0.6) is 5.75 Å². The van der Waals surface area contributed by atoms with Crippen molar-refractivity contribution in [2.75, 3.05) is 13.7 Å². The van der Waals surface area contributed by atoms with Gasteiger partial charge in [0.25, 0.3) is 5.91 Å². The number of benzene rings is 1. The number of ether oxygens (including phenoxy) is 1. The summed E-state index contributed by atoms with van der Waals surface area (Å²) in [6, 6.07) is 5.94. The van der Waals surface area contributed by atoms with Gasteiger partial charge < -0.3 is 18.7 Å². The fraction of sp³-hybridized carbons (Fsp3) is 0.320. The molecular formula is C25H25ClN4O3. The van der Waals surface area contributed by atoms with Gasteiger partial charge in [0.15, 0.2) is 0 Å². The van der Waals surface area contributed by atoms with E-state index in [1.165, 1.54) is 0 Å². The SMILES string of the molecule is COc1cc(C)nc(C)c1CN1CCn2ccc3cc(-c4c(C)noc4C)c(Cl)c(c32)C1=O. The van der Waals surface area contributed by atoms with E-state index in [-0.39, 0.29) is 5.91 Å². The smallest absolute Gasteiger partial charge is 0.257 e. The van der Waals surface area contributed by atoms with E-state index in [1.54, 1.807) is 7.11 Å². The van der Waals surface area contributed by atoms with Crippen LogP contribution in [-0.2, 0) is 13.1 Å². The quantitative estimate of drug-likeness (QED) is 0.412. The molecule has 33 heavy (non-hydrogen) atoms. The van der Waals surface area contributed by atoms with Gasteiger partial charge in [-0.25, -0.2) is 0 Å². The van der Waals surface area contributed by atoms with Crippen molar-refractivity contribution in [3.63, 3.8) is 0 Å². The second kappa shape index (κ2) is 7.92. The maximum absolute atomic E-state index is 13.9. The van der Waals surface area contributed by atoms with Crippen molar-refractivity contribution in [2.24, 2.45) is 0 Å². The third kappa shape index (κ3) is 3.38. The highest BCUT2D eigenvalue weighted by atomic mass is 35.5. The molecule has 4 heterocycles. The fourth-order valence-corrected chi connectivity index (χ4v) is 5.13. The number of aromatic nitrogens is 3. The summed E-state index contributed by atoms with van der Waals surface area (Å²) in [6.07, 6.45) is 2.01. The average Bonchev–Trinajstić information content (AvgIpc) is 3.29. The molecule has 1 aliphatic heterocycles. The average molecular weight is 465 g/mol. The summed E-state index contributed by atoms with van der Waals surface area (Å²) in [4.78, 5) is 20.4. The molecule has 0 saturated carbocycles. The van der Waals surface area contributed by atoms with Crippen molar-refractivity contribution in [2.45, 2.75) is 40.8 Å². The summed E-state index contributed by atoms with van der Waals surface area (Å²) in [7, 11) is 1.64. The Hall–Kier alpha value is -3.32. The van der Waals surface area contributed by atoms with E-state index in [9.17, 15) is 4.79 Å². The normalized spacial score (nSPS) is 13.6. The van der Waals surface area contributed by atoms with Gasteiger partial charge in [-0.05, 0) is 39.8 Å². The molecule has 5 rings (SSSR count). The minimum absolute atomic E-state index is 0.113. The number of hydrogen-bond acceptors (Lipinski definition) is 5. The lowest BCUT2D eigenvalue weighted by Crippen LogP contribution is -2.32. The molecule has 0 N–H and O–H groups in total. The molecule has 7 nitrogen and oxygen atoms in total. The molecule has 1 aromatic carbocycles. The number of pyridine rings is 1. The zero-order valence-electron chi connectivity index (χ0n) is 19.3. The van der Waals surface area contributed by atoms with Gasteiger partial charge in [-0.1, -0.05) is 16.8 Å². The van der Waals surface area contributed by atoms with Gasteiger partial charge in [0.2, 0.25) is 0 Å². The van der Waals surface area contributed by atoms with Gasteiger partial charge >= 0.3 is 0 Å². The zero-order valence-corrected chi connectivity index (χ0v) is 20.1. The molecule has 0 spiro atoms. The maximum atomic E-state index is 13.9. The molecule has 170 valence electrons. The van der Waals surface area contributed by atoms with Crippen molar-refractivity contribution >= 4 is 28.4 Å². The third-order valence-electron chi connectivity index (χ3n) is 6.39. The number of halogens is 1. The van der Waals surface area contributed by atoms with Crippen LogP contribution in [0.2, 0.25) is 5.02 Å². The van der Waals surface area contributed by atoms with E-state index in [0.717, 1.165) is 50.4 Å². The van der Waals surface area contributed by atoms with Crippen LogP contribution in [0.15, 0.2) is 28.9 Å².